The number of hydrogen-bond acceptors (Lipinski definition) is 2. The van der Waals surface area contributed by atoms with Crippen LogP contribution in [0.3, 0.4) is 0 Å². The second-order valence-electron chi connectivity index (χ2n) is 13.0. The van der Waals surface area contributed by atoms with E-state index in [-0.39, 0.29) is 0 Å². The van der Waals surface area contributed by atoms with Crippen LogP contribution < -0.4 is 4.90 Å². The lowest BCUT2D eigenvalue weighted by Gasteiger charge is -2.28. The molecule has 0 fully saturated rings. The third kappa shape index (κ3) is 4.90. The highest BCUT2D eigenvalue weighted by Gasteiger charge is 2.21. The number of anilines is 3. The van der Waals surface area contributed by atoms with E-state index < -0.39 is 0 Å². The average molecular weight is 653 g/mol. The number of benzene rings is 8. The maximum absolute atomic E-state index is 6.21. The van der Waals surface area contributed by atoms with Gasteiger partial charge in [0, 0.05) is 44.2 Å². The quantitative estimate of drug-likeness (QED) is 0.178. The molecule has 0 aliphatic rings. The SMILES string of the molecule is c1ccc(-c2ccc(N(c3ccc4c5ccccc5n(-c5ccccc5)c4c3)c3ccccc3-c3ccc4oc5ccccc5c4c3)cc2)cc1. The van der Waals surface area contributed by atoms with Gasteiger partial charge in [-0.25, -0.2) is 0 Å². The Bertz CT molecular complexity index is 2850. The summed E-state index contributed by atoms with van der Waals surface area (Å²) in [6.07, 6.45) is 0. The Morgan fingerprint density at radius 1 is 0.373 bits per heavy atom. The summed E-state index contributed by atoms with van der Waals surface area (Å²) in [7, 11) is 0. The Balaban J connectivity index is 1.20. The Morgan fingerprint density at radius 3 is 1.82 bits per heavy atom. The normalized spacial score (nSPS) is 11.5. The van der Waals surface area contributed by atoms with Crippen molar-refractivity contribution in [1.82, 2.24) is 4.57 Å². The molecular weight excluding hydrogens is 621 g/mol. The van der Waals surface area contributed by atoms with Gasteiger partial charge in [-0.15, -0.1) is 0 Å². The predicted molar refractivity (Wildman–Crippen MR) is 214 cm³/mol. The number of aromatic nitrogens is 1. The van der Waals surface area contributed by atoms with E-state index in [0.717, 1.165) is 61.3 Å². The Labute approximate surface area is 295 Å². The third-order valence-electron chi connectivity index (χ3n) is 10.00. The van der Waals surface area contributed by atoms with E-state index in [1.165, 1.54) is 27.4 Å². The molecule has 2 aromatic heterocycles. The number of nitrogens with zero attached hydrogens (tertiary/aromatic N) is 2. The molecule has 0 unspecified atom stereocenters. The standard InChI is InChI=1S/C48H32N2O/c1-3-13-33(14-4-1)34-23-26-37(27-24-34)49(38-28-29-41-40-18-8-11-21-45(40)50(46(41)32-38)36-15-5-2-6-16-36)44-20-10-7-17-39(44)35-25-30-48-43(31-35)42-19-9-12-22-47(42)51-48/h1-32H. The van der Waals surface area contributed by atoms with Crippen LogP contribution in [0.25, 0.3) is 71.7 Å². The van der Waals surface area contributed by atoms with Gasteiger partial charge in [-0.3, -0.25) is 0 Å². The zero-order chi connectivity index (χ0) is 33.7. The maximum atomic E-state index is 6.21. The van der Waals surface area contributed by atoms with E-state index >= 15 is 0 Å². The van der Waals surface area contributed by atoms with E-state index in [1.54, 1.807) is 0 Å². The van der Waals surface area contributed by atoms with Crippen LogP contribution in [-0.2, 0) is 0 Å². The summed E-state index contributed by atoms with van der Waals surface area (Å²) in [5, 5.41) is 4.70. The monoisotopic (exact) mass is 652 g/mol. The van der Waals surface area contributed by atoms with Crippen molar-refractivity contribution < 1.29 is 4.42 Å². The fraction of sp³-hybridized carbons (Fsp3) is 0. The van der Waals surface area contributed by atoms with Gasteiger partial charge in [-0.2, -0.15) is 0 Å². The van der Waals surface area contributed by atoms with Crippen LogP contribution in [0.2, 0.25) is 0 Å². The van der Waals surface area contributed by atoms with E-state index in [4.69, 9.17) is 4.42 Å². The fourth-order valence-corrected chi connectivity index (χ4v) is 7.62. The lowest BCUT2D eigenvalue weighted by Crippen LogP contribution is -2.11. The summed E-state index contributed by atoms with van der Waals surface area (Å²) in [4.78, 5) is 2.40. The molecule has 0 atom stereocenters. The second kappa shape index (κ2) is 11.9. The second-order valence-corrected chi connectivity index (χ2v) is 13.0. The highest BCUT2D eigenvalue weighted by atomic mass is 16.3. The van der Waals surface area contributed by atoms with Gasteiger partial charge in [-0.1, -0.05) is 127 Å². The minimum absolute atomic E-state index is 0.893. The number of furan rings is 1. The first-order chi connectivity index (χ1) is 25.3. The molecule has 0 N–H and O–H groups in total. The minimum Gasteiger partial charge on any atom is -0.456 e. The molecule has 0 spiro atoms. The van der Waals surface area contributed by atoms with Crippen LogP contribution >= 0.6 is 0 Å². The van der Waals surface area contributed by atoms with E-state index in [9.17, 15) is 0 Å². The first-order valence-electron chi connectivity index (χ1n) is 17.4. The molecule has 3 nitrogen and oxygen atoms in total. The average Bonchev–Trinajstić information content (AvgIpc) is 3.74. The van der Waals surface area contributed by atoms with Crippen LogP contribution in [0.15, 0.2) is 199 Å². The van der Waals surface area contributed by atoms with Crippen molar-refractivity contribution in [1.29, 1.82) is 0 Å². The first kappa shape index (κ1) is 29.1. The molecular formula is C48H32N2O. The lowest BCUT2D eigenvalue weighted by molar-refractivity contribution is 0.669. The molecule has 0 saturated carbocycles. The molecule has 0 bridgehead atoms. The molecule has 0 aliphatic heterocycles. The zero-order valence-electron chi connectivity index (χ0n) is 27.8. The summed E-state index contributed by atoms with van der Waals surface area (Å²) in [6.45, 7) is 0. The number of fused-ring (bicyclic) bond motifs is 6. The molecule has 10 aromatic rings. The van der Waals surface area contributed by atoms with Crippen LogP contribution in [0, 0.1) is 0 Å². The summed E-state index contributed by atoms with van der Waals surface area (Å²) >= 11 is 0. The van der Waals surface area contributed by atoms with Crippen molar-refractivity contribution in [2.45, 2.75) is 0 Å². The van der Waals surface area contributed by atoms with Gasteiger partial charge in [0.2, 0.25) is 0 Å². The molecule has 0 radical (unpaired) electrons. The van der Waals surface area contributed by atoms with Crippen molar-refractivity contribution in [2.75, 3.05) is 4.90 Å². The molecule has 0 aliphatic carbocycles. The summed E-state index contributed by atoms with van der Waals surface area (Å²) in [6, 6.07) is 69.3. The van der Waals surface area contributed by atoms with Gasteiger partial charge in [-0.05, 0) is 83.4 Å². The molecule has 2 heterocycles. The van der Waals surface area contributed by atoms with Crippen LogP contribution in [0.4, 0.5) is 17.1 Å². The van der Waals surface area contributed by atoms with Gasteiger partial charge in [0.25, 0.3) is 0 Å². The number of hydrogen-bond donors (Lipinski definition) is 0. The van der Waals surface area contributed by atoms with Gasteiger partial charge in [0.05, 0.1) is 16.7 Å². The fourth-order valence-electron chi connectivity index (χ4n) is 7.62. The molecule has 3 heteroatoms. The zero-order valence-corrected chi connectivity index (χ0v) is 27.8. The molecule has 0 saturated heterocycles. The minimum atomic E-state index is 0.893. The van der Waals surface area contributed by atoms with Crippen molar-refractivity contribution >= 4 is 60.8 Å². The van der Waals surface area contributed by atoms with Gasteiger partial charge < -0.3 is 13.9 Å². The summed E-state index contributed by atoms with van der Waals surface area (Å²) in [5.41, 5.74) is 13.2. The van der Waals surface area contributed by atoms with Gasteiger partial charge >= 0.3 is 0 Å². The van der Waals surface area contributed by atoms with Crippen molar-refractivity contribution in [3.8, 4) is 27.9 Å². The van der Waals surface area contributed by atoms with Crippen molar-refractivity contribution in [3.63, 3.8) is 0 Å². The molecule has 8 aromatic carbocycles. The summed E-state index contributed by atoms with van der Waals surface area (Å²) in [5.74, 6) is 0. The highest BCUT2D eigenvalue weighted by molar-refractivity contribution is 6.11. The predicted octanol–water partition coefficient (Wildman–Crippen LogP) is 13.5. The third-order valence-corrected chi connectivity index (χ3v) is 10.00. The van der Waals surface area contributed by atoms with Gasteiger partial charge in [0.15, 0.2) is 0 Å². The molecule has 240 valence electrons. The molecule has 10 rings (SSSR count). The highest BCUT2D eigenvalue weighted by Crippen LogP contribution is 2.44. The summed E-state index contributed by atoms with van der Waals surface area (Å²) < 4.78 is 8.59. The molecule has 51 heavy (non-hydrogen) atoms. The smallest absolute Gasteiger partial charge is 0.135 e. The van der Waals surface area contributed by atoms with E-state index in [2.05, 4.69) is 191 Å². The van der Waals surface area contributed by atoms with Crippen molar-refractivity contribution in [3.05, 3.63) is 194 Å². The Kier molecular flexibility index (Phi) is 6.81. The Morgan fingerprint density at radius 2 is 0.980 bits per heavy atom. The van der Waals surface area contributed by atoms with Crippen LogP contribution in [0.1, 0.15) is 0 Å². The topological polar surface area (TPSA) is 21.3 Å². The van der Waals surface area contributed by atoms with Crippen molar-refractivity contribution in [2.24, 2.45) is 0 Å². The molecule has 0 amide bonds. The first-order valence-corrected chi connectivity index (χ1v) is 17.4. The lowest BCUT2D eigenvalue weighted by atomic mass is 9.99. The number of para-hydroxylation sites is 4. The largest absolute Gasteiger partial charge is 0.456 e. The van der Waals surface area contributed by atoms with Crippen LogP contribution in [-0.4, -0.2) is 4.57 Å². The van der Waals surface area contributed by atoms with Crippen LogP contribution in [0.5, 0.6) is 0 Å². The van der Waals surface area contributed by atoms with E-state index in [0.29, 0.717) is 0 Å². The number of rotatable bonds is 6. The maximum Gasteiger partial charge on any atom is 0.135 e. The van der Waals surface area contributed by atoms with E-state index in [1.807, 2.05) is 12.1 Å². The van der Waals surface area contributed by atoms with Gasteiger partial charge in [0.1, 0.15) is 11.2 Å². The Hall–Kier alpha value is -6.84.